The number of nitrogens with zero attached hydrogens (tertiary/aromatic N) is 3. The van der Waals surface area contributed by atoms with Crippen LogP contribution < -0.4 is 5.32 Å². The molecule has 0 radical (unpaired) electrons. The standard InChI is InChI=1S/C43H52N4O7/c1-24-18-29(48)19-25(2)30(24)22-34(45(3)4)42(52)47-23-28-9-7-6-8-26(28)20-33(47)41(51)44-16-14-37(50)53-36-13-10-27-21-32-31-11-12-35(49)40-43(31,15-17-46(32)5)38(27)39(36)54-40/h6-13,18-19,27,31-35,38,40,48-49H,14-17,20-23H2,1-5H3,(H,44,51)/t27?,31-,32+,33-,34-,35-,38?,40-,43-/m0/s1. The van der Waals surface area contributed by atoms with Gasteiger partial charge < -0.3 is 34.8 Å². The van der Waals surface area contributed by atoms with E-state index in [9.17, 15) is 24.6 Å². The normalized spacial score (nSPS) is 31.1. The van der Waals surface area contributed by atoms with Crippen LogP contribution in [0, 0.1) is 37.0 Å². The van der Waals surface area contributed by atoms with Crippen molar-refractivity contribution in [2.24, 2.45) is 23.2 Å². The summed E-state index contributed by atoms with van der Waals surface area (Å²) in [7, 11) is 5.91. The number of aryl methyl sites for hydroxylation is 2. The molecule has 11 heteroatoms. The highest BCUT2D eigenvalue weighted by Crippen LogP contribution is 2.67. The van der Waals surface area contributed by atoms with Crippen LogP contribution in [0.3, 0.4) is 0 Å². The molecule has 286 valence electrons. The predicted octanol–water partition coefficient (Wildman–Crippen LogP) is 3.54. The van der Waals surface area contributed by atoms with Crippen LogP contribution in [0.4, 0.5) is 0 Å². The van der Waals surface area contributed by atoms with E-state index in [-0.39, 0.29) is 59.8 Å². The first kappa shape index (κ1) is 36.5. The molecule has 3 aliphatic carbocycles. The molecule has 0 aromatic heterocycles. The molecule has 2 amide bonds. The number of rotatable bonds is 9. The Balaban J connectivity index is 0.956. The number of likely N-dealkylation sites (N-methyl/N-ethyl adjacent to an activating group) is 1. The van der Waals surface area contributed by atoms with E-state index in [2.05, 4.69) is 29.4 Å². The molecular formula is C43H52N4O7. The monoisotopic (exact) mass is 736 g/mol. The highest BCUT2D eigenvalue weighted by Gasteiger charge is 2.69. The minimum Gasteiger partial charge on any atom is -0.508 e. The zero-order chi connectivity index (χ0) is 38.1. The molecule has 2 bridgehead atoms. The largest absolute Gasteiger partial charge is 0.508 e. The smallest absolute Gasteiger partial charge is 0.313 e. The molecule has 2 aromatic carbocycles. The topological polar surface area (TPSA) is 132 Å². The number of benzene rings is 2. The minimum atomic E-state index is -0.761. The van der Waals surface area contributed by atoms with Gasteiger partial charge in [-0.25, -0.2) is 0 Å². The highest BCUT2D eigenvalue weighted by molar-refractivity contribution is 5.91. The Morgan fingerprint density at radius 1 is 1.09 bits per heavy atom. The Bertz CT molecular complexity index is 1930. The fraction of sp³-hybridized carbons (Fsp3) is 0.512. The summed E-state index contributed by atoms with van der Waals surface area (Å²) in [4.78, 5) is 47.7. The van der Waals surface area contributed by atoms with Gasteiger partial charge in [-0.05, 0) is 113 Å². The number of allylic oxidation sites excluding steroid dienone is 3. The van der Waals surface area contributed by atoms with E-state index in [4.69, 9.17) is 9.47 Å². The van der Waals surface area contributed by atoms with Gasteiger partial charge in [-0.1, -0.05) is 42.5 Å². The van der Waals surface area contributed by atoms with Crippen molar-refractivity contribution < 1.29 is 34.1 Å². The van der Waals surface area contributed by atoms with Gasteiger partial charge in [-0.15, -0.1) is 0 Å². The molecule has 3 aliphatic heterocycles. The first-order chi connectivity index (χ1) is 25.9. The van der Waals surface area contributed by atoms with Crippen LogP contribution in [0.15, 0.2) is 72.2 Å². The molecule has 9 atom stereocenters. The van der Waals surface area contributed by atoms with Gasteiger partial charge in [0.15, 0.2) is 5.76 Å². The number of carbonyl (C=O) groups is 3. The zero-order valence-electron chi connectivity index (χ0n) is 31.8. The van der Waals surface area contributed by atoms with Gasteiger partial charge in [0.1, 0.15) is 29.8 Å². The van der Waals surface area contributed by atoms with Crippen molar-refractivity contribution in [3.63, 3.8) is 0 Å². The summed E-state index contributed by atoms with van der Waals surface area (Å²) >= 11 is 0. The van der Waals surface area contributed by atoms with Gasteiger partial charge in [-0.2, -0.15) is 0 Å². The average Bonchev–Trinajstić information content (AvgIpc) is 3.49. The van der Waals surface area contributed by atoms with E-state index in [1.807, 2.05) is 69.3 Å². The summed E-state index contributed by atoms with van der Waals surface area (Å²) in [6, 6.07) is 10.4. The van der Waals surface area contributed by atoms with E-state index in [1.165, 1.54) is 0 Å². The van der Waals surface area contributed by atoms with Gasteiger partial charge in [0.25, 0.3) is 0 Å². The van der Waals surface area contributed by atoms with E-state index in [0.717, 1.165) is 47.2 Å². The summed E-state index contributed by atoms with van der Waals surface area (Å²) in [6.45, 7) is 5.13. The van der Waals surface area contributed by atoms with E-state index in [1.54, 1.807) is 17.0 Å². The maximum absolute atomic E-state index is 14.4. The SMILES string of the molecule is Cc1cc(O)cc(C)c1C[C@@H](C(=O)N1Cc2ccccc2C[C@H]1C(=O)NCCC(=O)OC1=C2O[C@H]3[C@@H](O)C=C[C@H]4[C@H]5CC(C=C1)C2[C@]43CCN5C)N(C)C. The lowest BCUT2D eigenvalue weighted by atomic mass is 9.48. The molecule has 3 N–H and O–H groups in total. The van der Waals surface area contributed by atoms with Gasteiger partial charge in [0, 0.05) is 42.8 Å². The van der Waals surface area contributed by atoms with Crippen molar-refractivity contribution >= 4 is 17.8 Å². The number of hydrogen-bond donors (Lipinski definition) is 3. The summed E-state index contributed by atoms with van der Waals surface area (Å²) in [6.07, 6.45) is 9.56. The second-order valence-corrected chi connectivity index (χ2v) is 16.5. The molecular weight excluding hydrogens is 684 g/mol. The number of piperidine rings is 1. The van der Waals surface area contributed by atoms with E-state index >= 15 is 0 Å². The number of aliphatic hydroxyl groups is 1. The number of fused-ring (bicyclic) bond motifs is 1. The first-order valence-electron chi connectivity index (χ1n) is 19.3. The Kier molecular flexibility index (Phi) is 9.47. The molecule has 11 nitrogen and oxygen atoms in total. The number of hydrogen-bond acceptors (Lipinski definition) is 9. The van der Waals surface area contributed by atoms with Crippen molar-refractivity contribution in [2.75, 3.05) is 34.2 Å². The summed E-state index contributed by atoms with van der Waals surface area (Å²) in [5.74, 6) is 0.823. The lowest BCUT2D eigenvalue weighted by molar-refractivity contribution is -0.146. The van der Waals surface area contributed by atoms with Crippen molar-refractivity contribution in [1.82, 2.24) is 20.0 Å². The Hall–Kier alpha value is -4.45. The fourth-order valence-corrected chi connectivity index (χ4v) is 10.6. The maximum Gasteiger partial charge on any atom is 0.313 e. The third kappa shape index (κ3) is 6.05. The Morgan fingerprint density at radius 3 is 2.57 bits per heavy atom. The first-order valence-corrected chi connectivity index (χ1v) is 19.3. The van der Waals surface area contributed by atoms with Crippen LogP contribution >= 0.6 is 0 Å². The second kappa shape index (κ2) is 14.0. The van der Waals surface area contributed by atoms with Crippen LogP contribution in [0.25, 0.3) is 0 Å². The van der Waals surface area contributed by atoms with Crippen LogP contribution in [-0.4, -0.2) is 107 Å². The highest BCUT2D eigenvalue weighted by atomic mass is 16.6. The number of phenolic OH excluding ortho intramolecular Hbond substituents is 1. The van der Waals surface area contributed by atoms with E-state index in [0.29, 0.717) is 36.9 Å². The lowest BCUT2D eigenvalue weighted by Crippen LogP contribution is -2.65. The molecule has 6 aliphatic rings. The number of amides is 2. The third-order valence-corrected chi connectivity index (χ3v) is 13.3. The van der Waals surface area contributed by atoms with Crippen LogP contribution in [0.1, 0.15) is 47.1 Å². The number of aliphatic hydroxyl groups excluding tert-OH is 1. The zero-order valence-corrected chi connectivity index (χ0v) is 31.8. The summed E-state index contributed by atoms with van der Waals surface area (Å²) in [5.41, 5.74) is 4.58. The van der Waals surface area contributed by atoms with Crippen molar-refractivity contribution in [3.05, 3.63) is 100 Å². The van der Waals surface area contributed by atoms with Gasteiger partial charge in [0.05, 0.1) is 12.5 Å². The molecule has 2 aromatic rings. The Morgan fingerprint density at radius 2 is 1.83 bits per heavy atom. The van der Waals surface area contributed by atoms with Gasteiger partial charge in [0.2, 0.25) is 11.8 Å². The number of phenols is 1. The quantitative estimate of drug-likeness (QED) is 0.262. The maximum atomic E-state index is 14.4. The lowest BCUT2D eigenvalue weighted by Gasteiger charge is -2.60. The Labute approximate surface area is 317 Å². The average molecular weight is 737 g/mol. The third-order valence-electron chi connectivity index (χ3n) is 13.3. The van der Waals surface area contributed by atoms with Crippen LogP contribution in [-0.2, 0) is 43.2 Å². The number of likely N-dealkylation sites (tertiary alicyclic amines) is 1. The summed E-state index contributed by atoms with van der Waals surface area (Å²) in [5, 5.41) is 24.1. The molecule has 54 heavy (non-hydrogen) atoms. The van der Waals surface area contributed by atoms with E-state index < -0.39 is 24.2 Å². The molecule has 1 saturated carbocycles. The molecule has 8 rings (SSSR count). The minimum absolute atomic E-state index is 0.0371. The molecule has 3 heterocycles. The molecule has 2 saturated heterocycles. The fourth-order valence-electron chi connectivity index (χ4n) is 10.6. The molecule has 2 unspecified atom stereocenters. The molecule has 1 spiro atoms. The number of carbonyl (C=O) groups excluding carboxylic acids is 3. The van der Waals surface area contributed by atoms with Crippen molar-refractivity contribution in [2.45, 2.75) is 82.8 Å². The van der Waals surface area contributed by atoms with Crippen LogP contribution in [0.2, 0.25) is 0 Å². The predicted molar refractivity (Wildman–Crippen MR) is 202 cm³/mol. The number of aromatic hydroxyl groups is 1. The van der Waals surface area contributed by atoms with Gasteiger partial charge >= 0.3 is 5.97 Å². The summed E-state index contributed by atoms with van der Waals surface area (Å²) < 4.78 is 12.5. The van der Waals surface area contributed by atoms with Crippen LogP contribution in [0.5, 0.6) is 5.75 Å². The number of nitrogens with one attached hydrogen (secondary N) is 1. The second-order valence-electron chi connectivity index (χ2n) is 16.5. The molecule has 3 fully saturated rings. The van der Waals surface area contributed by atoms with Crippen molar-refractivity contribution in [3.8, 4) is 5.75 Å². The number of esters is 1. The number of ether oxygens (including phenoxy) is 2. The van der Waals surface area contributed by atoms with Crippen molar-refractivity contribution in [1.29, 1.82) is 0 Å². The van der Waals surface area contributed by atoms with Gasteiger partial charge in [-0.3, -0.25) is 19.3 Å².